The van der Waals surface area contributed by atoms with Crippen LogP contribution in [-0.2, 0) is 14.4 Å². The summed E-state index contributed by atoms with van der Waals surface area (Å²) < 4.78 is 40.2. The fourth-order valence-electron chi connectivity index (χ4n) is 2.69. The van der Waals surface area contributed by atoms with E-state index in [1.54, 1.807) is 6.07 Å². The third kappa shape index (κ3) is 3.98. The first-order valence-corrected chi connectivity index (χ1v) is 7.77. The SMILES string of the molecule is CNC(=O)COc1cc(C2=NOC3(CCOC3)C2)ccc1OC(F)F. The van der Waals surface area contributed by atoms with E-state index in [1.165, 1.54) is 19.2 Å². The van der Waals surface area contributed by atoms with Crippen molar-refractivity contribution in [3.63, 3.8) is 0 Å². The molecule has 1 fully saturated rings. The zero-order chi connectivity index (χ0) is 17.9. The maximum absolute atomic E-state index is 12.6. The van der Waals surface area contributed by atoms with Gasteiger partial charge in [0.2, 0.25) is 0 Å². The molecule has 0 aliphatic carbocycles. The van der Waals surface area contributed by atoms with Gasteiger partial charge in [0, 0.05) is 25.5 Å². The number of rotatable bonds is 6. The zero-order valence-corrected chi connectivity index (χ0v) is 13.6. The zero-order valence-electron chi connectivity index (χ0n) is 13.6. The van der Waals surface area contributed by atoms with E-state index >= 15 is 0 Å². The number of ether oxygens (including phenoxy) is 3. The molecule has 3 rings (SSSR count). The summed E-state index contributed by atoms with van der Waals surface area (Å²) in [5.74, 6) is -0.509. The molecule has 2 aliphatic heterocycles. The third-order valence-corrected chi connectivity index (χ3v) is 4.04. The molecule has 1 aromatic carbocycles. The molecule has 1 atom stereocenters. The van der Waals surface area contributed by atoms with Crippen LogP contribution in [-0.4, -0.2) is 50.7 Å². The Balaban J connectivity index is 1.79. The number of oxime groups is 1. The lowest BCUT2D eigenvalue weighted by Gasteiger charge is -2.17. The molecule has 0 aromatic heterocycles. The molecule has 1 N–H and O–H groups in total. The van der Waals surface area contributed by atoms with Gasteiger partial charge in [-0.25, -0.2) is 0 Å². The van der Waals surface area contributed by atoms with Gasteiger partial charge in [0.05, 0.1) is 18.9 Å². The maximum atomic E-state index is 12.6. The van der Waals surface area contributed by atoms with E-state index < -0.39 is 18.1 Å². The van der Waals surface area contributed by atoms with E-state index in [0.29, 0.717) is 30.9 Å². The van der Waals surface area contributed by atoms with Crippen LogP contribution >= 0.6 is 0 Å². The van der Waals surface area contributed by atoms with Gasteiger partial charge in [-0.1, -0.05) is 5.16 Å². The van der Waals surface area contributed by atoms with Gasteiger partial charge in [-0.3, -0.25) is 4.79 Å². The molecule has 7 nitrogen and oxygen atoms in total. The van der Waals surface area contributed by atoms with E-state index in [2.05, 4.69) is 15.2 Å². The number of carbonyl (C=O) groups is 1. The molecule has 1 saturated heterocycles. The molecule has 2 aliphatic rings. The van der Waals surface area contributed by atoms with Crippen LogP contribution in [0.5, 0.6) is 11.5 Å². The van der Waals surface area contributed by atoms with E-state index in [-0.39, 0.29) is 18.1 Å². The number of benzene rings is 1. The summed E-state index contributed by atoms with van der Waals surface area (Å²) >= 11 is 0. The van der Waals surface area contributed by atoms with Gasteiger partial charge in [-0.15, -0.1) is 0 Å². The van der Waals surface area contributed by atoms with Crippen LogP contribution in [0.15, 0.2) is 23.4 Å². The normalized spacial score (nSPS) is 22.0. The molecule has 0 bridgehead atoms. The summed E-state index contributed by atoms with van der Waals surface area (Å²) in [5.41, 5.74) is 0.868. The largest absolute Gasteiger partial charge is 0.480 e. The Morgan fingerprint density at radius 2 is 2.28 bits per heavy atom. The fraction of sp³-hybridized carbons (Fsp3) is 0.500. The quantitative estimate of drug-likeness (QED) is 0.839. The highest BCUT2D eigenvalue weighted by atomic mass is 19.3. The number of hydrogen-bond acceptors (Lipinski definition) is 6. The smallest absolute Gasteiger partial charge is 0.387 e. The van der Waals surface area contributed by atoms with E-state index in [0.717, 1.165) is 6.42 Å². The molecule has 1 spiro atoms. The average molecular weight is 356 g/mol. The van der Waals surface area contributed by atoms with Gasteiger partial charge < -0.3 is 24.4 Å². The number of nitrogens with one attached hydrogen (secondary N) is 1. The standard InChI is InChI=1S/C16H18F2N2O5/c1-19-14(21)8-23-13-6-10(2-3-12(13)24-15(17)18)11-7-16(25-20-11)4-5-22-9-16/h2-3,6,15H,4-5,7-9H2,1H3,(H,19,21). The second kappa shape index (κ2) is 7.22. The Bertz CT molecular complexity index is 674. The number of hydrogen-bond donors (Lipinski definition) is 1. The number of halogens is 2. The molecule has 0 saturated carbocycles. The average Bonchev–Trinajstić information content (AvgIpc) is 3.23. The lowest BCUT2D eigenvalue weighted by molar-refractivity contribution is -0.122. The highest BCUT2D eigenvalue weighted by Gasteiger charge is 2.43. The molecule has 0 radical (unpaired) electrons. The van der Waals surface area contributed by atoms with Gasteiger partial charge in [-0.05, 0) is 18.2 Å². The second-order valence-corrected chi connectivity index (χ2v) is 5.79. The molecule has 9 heteroatoms. The number of alkyl halides is 2. The van der Waals surface area contributed by atoms with Gasteiger partial charge in [0.25, 0.3) is 5.91 Å². The molecule has 1 unspecified atom stereocenters. The predicted molar refractivity (Wildman–Crippen MR) is 83.0 cm³/mol. The van der Waals surface area contributed by atoms with Crippen molar-refractivity contribution in [2.75, 3.05) is 26.9 Å². The van der Waals surface area contributed by atoms with E-state index in [9.17, 15) is 13.6 Å². The summed E-state index contributed by atoms with van der Waals surface area (Å²) in [6, 6.07) is 4.47. The molecule has 25 heavy (non-hydrogen) atoms. The van der Waals surface area contributed by atoms with Crippen molar-refractivity contribution in [2.45, 2.75) is 25.1 Å². The van der Waals surface area contributed by atoms with Crippen LogP contribution in [0, 0.1) is 0 Å². The minimum atomic E-state index is -3.00. The Morgan fingerprint density at radius 3 is 2.96 bits per heavy atom. The molecular formula is C16H18F2N2O5. The van der Waals surface area contributed by atoms with Gasteiger partial charge in [0.1, 0.15) is 0 Å². The minimum Gasteiger partial charge on any atom is -0.480 e. The number of nitrogens with zero attached hydrogens (tertiary/aromatic N) is 1. The fourth-order valence-corrected chi connectivity index (χ4v) is 2.69. The molecule has 136 valence electrons. The Morgan fingerprint density at radius 1 is 1.44 bits per heavy atom. The van der Waals surface area contributed by atoms with Crippen molar-refractivity contribution in [3.8, 4) is 11.5 Å². The van der Waals surface area contributed by atoms with Crippen molar-refractivity contribution >= 4 is 11.6 Å². The molecule has 1 aromatic rings. The Hall–Kier alpha value is -2.42. The summed E-state index contributed by atoms with van der Waals surface area (Å²) in [4.78, 5) is 16.9. The molecule has 2 heterocycles. The van der Waals surface area contributed by atoms with Gasteiger partial charge in [0.15, 0.2) is 23.7 Å². The third-order valence-electron chi connectivity index (χ3n) is 4.04. The summed E-state index contributed by atoms with van der Waals surface area (Å²) in [6.07, 6.45) is 1.30. The van der Waals surface area contributed by atoms with E-state index in [4.69, 9.17) is 14.3 Å². The van der Waals surface area contributed by atoms with Crippen LogP contribution in [0.2, 0.25) is 0 Å². The Kier molecular flexibility index (Phi) is 5.03. The first-order chi connectivity index (χ1) is 12.0. The molecule has 1 amide bonds. The van der Waals surface area contributed by atoms with Crippen LogP contribution in [0.4, 0.5) is 8.78 Å². The van der Waals surface area contributed by atoms with Gasteiger partial charge in [-0.2, -0.15) is 8.78 Å². The van der Waals surface area contributed by atoms with Crippen molar-refractivity contribution in [1.29, 1.82) is 0 Å². The van der Waals surface area contributed by atoms with Gasteiger partial charge >= 0.3 is 6.61 Å². The lowest BCUT2D eigenvalue weighted by atomic mass is 9.93. The number of amides is 1. The lowest BCUT2D eigenvalue weighted by Crippen LogP contribution is -2.29. The van der Waals surface area contributed by atoms with Crippen LogP contribution in [0.1, 0.15) is 18.4 Å². The maximum Gasteiger partial charge on any atom is 0.387 e. The van der Waals surface area contributed by atoms with Crippen molar-refractivity contribution in [3.05, 3.63) is 23.8 Å². The minimum absolute atomic E-state index is 0.0349. The number of likely N-dealkylation sites (N-methyl/N-ethyl adjacent to an activating group) is 1. The topological polar surface area (TPSA) is 78.4 Å². The highest BCUT2D eigenvalue weighted by molar-refractivity contribution is 6.02. The first kappa shape index (κ1) is 17.4. The van der Waals surface area contributed by atoms with Crippen molar-refractivity contribution in [2.24, 2.45) is 5.16 Å². The van der Waals surface area contributed by atoms with Crippen LogP contribution < -0.4 is 14.8 Å². The van der Waals surface area contributed by atoms with Crippen molar-refractivity contribution in [1.82, 2.24) is 5.32 Å². The Labute approximate surface area is 142 Å². The number of carbonyl (C=O) groups excluding carboxylic acids is 1. The summed E-state index contributed by atoms with van der Waals surface area (Å²) in [5, 5.41) is 6.48. The predicted octanol–water partition coefficient (Wildman–Crippen LogP) is 1.70. The highest BCUT2D eigenvalue weighted by Crippen LogP contribution is 2.36. The monoisotopic (exact) mass is 356 g/mol. The van der Waals surface area contributed by atoms with Crippen molar-refractivity contribution < 1.29 is 32.6 Å². The molecular weight excluding hydrogens is 338 g/mol. The van der Waals surface area contributed by atoms with Crippen LogP contribution in [0.3, 0.4) is 0 Å². The summed E-state index contributed by atoms with van der Waals surface area (Å²) in [7, 11) is 1.45. The van der Waals surface area contributed by atoms with E-state index in [1.807, 2.05) is 0 Å². The van der Waals surface area contributed by atoms with Crippen LogP contribution in [0.25, 0.3) is 0 Å². The second-order valence-electron chi connectivity index (χ2n) is 5.79. The summed E-state index contributed by atoms with van der Waals surface area (Å²) in [6.45, 7) is -2.24. The first-order valence-electron chi connectivity index (χ1n) is 7.77.